The van der Waals surface area contributed by atoms with Crippen LogP contribution in [0.15, 0.2) is 0 Å². The third-order valence-corrected chi connectivity index (χ3v) is 5.81. The Morgan fingerprint density at radius 2 is 1.95 bits per heavy atom. The second-order valence-electron chi connectivity index (χ2n) is 7.02. The van der Waals surface area contributed by atoms with Crippen LogP contribution in [0, 0.1) is 5.92 Å². The molecule has 3 nitrogen and oxygen atoms in total. The zero-order valence-electron chi connectivity index (χ0n) is 12.5. The molecule has 1 saturated carbocycles. The molecule has 2 aliphatic heterocycles. The van der Waals surface area contributed by atoms with Gasteiger partial charge in [-0.2, -0.15) is 0 Å². The van der Waals surface area contributed by atoms with E-state index in [9.17, 15) is 0 Å². The van der Waals surface area contributed by atoms with E-state index in [1.165, 1.54) is 64.3 Å². The van der Waals surface area contributed by atoms with Crippen LogP contribution in [0.25, 0.3) is 0 Å². The van der Waals surface area contributed by atoms with Gasteiger partial charge in [-0.1, -0.05) is 31.5 Å². The van der Waals surface area contributed by atoms with Gasteiger partial charge in [0.15, 0.2) is 0 Å². The van der Waals surface area contributed by atoms with Gasteiger partial charge in [0, 0.05) is 19.0 Å². The van der Waals surface area contributed by atoms with Crippen molar-refractivity contribution in [3.05, 3.63) is 0 Å². The maximum atomic E-state index is 6.48. The molecule has 3 aliphatic rings. The van der Waals surface area contributed by atoms with E-state index in [4.69, 9.17) is 22.7 Å². The first-order valence-corrected chi connectivity index (χ1v) is 8.77. The number of likely N-dealkylation sites (tertiary alicyclic amines) is 1. The number of hydrogen-bond acceptors (Lipinski definition) is 3. The molecule has 20 heavy (non-hydrogen) atoms. The number of nitrogens with two attached hydrogens (primary N) is 1. The van der Waals surface area contributed by atoms with E-state index in [0.717, 1.165) is 13.1 Å². The Hall–Kier alpha value is -0.190. The smallest absolute Gasteiger partial charge is 0.0771 e. The molecule has 2 saturated heterocycles. The summed E-state index contributed by atoms with van der Waals surface area (Å²) in [6.07, 6.45) is 12.1. The van der Waals surface area contributed by atoms with Crippen molar-refractivity contribution in [1.82, 2.24) is 4.90 Å². The molecule has 0 aromatic rings. The van der Waals surface area contributed by atoms with Crippen LogP contribution in [0.3, 0.4) is 0 Å². The van der Waals surface area contributed by atoms with E-state index in [2.05, 4.69) is 4.90 Å². The van der Waals surface area contributed by atoms with Crippen LogP contribution in [-0.2, 0) is 4.74 Å². The van der Waals surface area contributed by atoms with Gasteiger partial charge in [0.1, 0.15) is 0 Å². The second kappa shape index (κ2) is 6.29. The molecule has 2 unspecified atom stereocenters. The van der Waals surface area contributed by atoms with Crippen LogP contribution in [0.5, 0.6) is 0 Å². The van der Waals surface area contributed by atoms with E-state index < -0.39 is 0 Å². The monoisotopic (exact) mass is 296 g/mol. The Bertz CT molecular complexity index is 354. The van der Waals surface area contributed by atoms with Gasteiger partial charge in [0.2, 0.25) is 0 Å². The highest BCUT2D eigenvalue weighted by atomic mass is 32.1. The van der Waals surface area contributed by atoms with Gasteiger partial charge >= 0.3 is 0 Å². The van der Waals surface area contributed by atoms with Crippen LogP contribution in [0.1, 0.15) is 57.8 Å². The van der Waals surface area contributed by atoms with Crippen molar-refractivity contribution in [2.45, 2.75) is 69.5 Å². The van der Waals surface area contributed by atoms with Crippen molar-refractivity contribution in [3.63, 3.8) is 0 Å². The minimum absolute atomic E-state index is 0.251. The summed E-state index contributed by atoms with van der Waals surface area (Å²) in [5.41, 5.74) is 6.07. The fraction of sp³-hybridized carbons (Fsp3) is 0.938. The zero-order valence-corrected chi connectivity index (χ0v) is 13.3. The van der Waals surface area contributed by atoms with Crippen LogP contribution in [-0.4, -0.2) is 41.2 Å². The van der Waals surface area contributed by atoms with Gasteiger partial charge in [0.25, 0.3) is 0 Å². The Morgan fingerprint density at radius 1 is 1.15 bits per heavy atom. The number of thiocarbonyl (C=S) groups is 1. The third kappa shape index (κ3) is 3.34. The Morgan fingerprint density at radius 3 is 2.70 bits per heavy atom. The maximum Gasteiger partial charge on any atom is 0.0771 e. The lowest BCUT2D eigenvalue weighted by atomic mass is 9.83. The molecule has 0 bridgehead atoms. The summed E-state index contributed by atoms with van der Waals surface area (Å²) >= 11 is 5.17. The van der Waals surface area contributed by atoms with Gasteiger partial charge in [-0.05, 0) is 45.1 Å². The van der Waals surface area contributed by atoms with E-state index in [0.29, 0.717) is 17.0 Å². The molecule has 2 heterocycles. The molecule has 0 radical (unpaired) electrons. The molecule has 2 atom stereocenters. The predicted octanol–water partition coefficient (Wildman–Crippen LogP) is 2.87. The number of hydrogen-bond donors (Lipinski definition) is 1. The van der Waals surface area contributed by atoms with Crippen molar-refractivity contribution < 1.29 is 4.74 Å². The van der Waals surface area contributed by atoms with Gasteiger partial charge in [-0.3, -0.25) is 0 Å². The Kier molecular flexibility index (Phi) is 4.63. The summed E-state index contributed by atoms with van der Waals surface area (Å²) in [6.45, 7) is 3.31. The van der Waals surface area contributed by atoms with E-state index >= 15 is 0 Å². The van der Waals surface area contributed by atoms with Crippen molar-refractivity contribution in [1.29, 1.82) is 0 Å². The van der Waals surface area contributed by atoms with Crippen molar-refractivity contribution in [2.24, 2.45) is 11.7 Å². The fourth-order valence-electron chi connectivity index (χ4n) is 4.33. The quantitative estimate of drug-likeness (QED) is 0.813. The predicted molar refractivity (Wildman–Crippen MR) is 85.9 cm³/mol. The fourth-order valence-corrected chi connectivity index (χ4v) is 4.52. The molecular formula is C16H28N2OS. The van der Waals surface area contributed by atoms with Crippen LogP contribution >= 0.6 is 12.2 Å². The van der Waals surface area contributed by atoms with Gasteiger partial charge in [-0.15, -0.1) is 0 Å². The lowest BCUT2D eigenvalue weighted by molar-refractivity contribution is -0.0734. The zero-order chi connectivity index (χ0) is 14.0. The SMILES string of the molecule is NC(=S)C1CCCN(CC2CCC3(CCCCC3)O2)C1. The minimum Gasteiger partial charge on any atom is -0.393 e. The molecule has 2 N–H and O–H groups in total. The standard InChI is InChI=1S/C16H28N2OS/c17-15(20)13-5-4-10-18(11-13)12-14-6-9-16(19-14)7-2-1-3-8-16/h13-14H,1-12H2,(H2,17,20). The van der Waals surface area contributed by atoms with Crippen LogP contribution < -0.4 is 5.73 Å². The number of ether oxygens (including phenoxy) is 1. The van der Waals surface area contributed by atoms with E-state index in [-0.39, 0.29) is 5.60 Å². The van der Waals surface area contributed by atoms with Crippen molar-refractivity contribution in [3.8, 4) is 0 Å². The highest BCUT2D eigenvalue weighted by molar-refractivity contribution is 7.80. The normalized spacial score (nSPS) is 34.4. The first-order chi connectivity index (χ1) is 9.67. The number of piperidine rings is 1. The number of nitrogens with zero attached hydrogens (tertiary/aromatic N) is 1. The largest absolute Gasteiger partial charge is 0.393 e. The topological polar surface area (TPSA) is 38.5 Å². The Balaban J connectivity index is 1.50. The Labute approximate surface area is 128 Å². The molecule has 114 valence electrons. The van der Waals surface area contributed by atoms with Crippen molar-refractivity contribution in [2.75, 3.05) is 19.6 Å². The first kappa shape index (κ1) is 14.7. The third-order valence-electron chi connectivity index (χ3n) is 5.47. The summed E-state index contributed by atoms with van der Waals surface area (Å²) in [5, 5.41) is 0. The van der Waals surface area contributed by atoms with Gasteiger partial charge in [0.05, 0.1) is 16.7 Å². The van der Waals surface area contributed by atoms with Gasteiger partial charge < -0.3 is 15.4 Å². The second-order valence-corrected chi connectivity index (χ2v) is 7.49. The molecule has 3 rings (SSSR count). The first-order valence-electron chi connectivity index (χ1n) is 8.36. The highest BCUT2D eigenvalue weighted by Gasteiger charge is 2.41. The average Bonchev–Trinajstić information content (AvgIpc) is 2.82. The van der Waals surface area contributed by atoms with Gasteiger partial charge in [-0.25, -0.2) is 0 Å². The maximum absolute atomic E-state index is 6.48. The van der Waals surface area contributed by atoms with E-state index in [1.54, 1.807) is 0 Å². The molecule has 1 spiro atoms. The van der Waals surface area contributed by atoms with Crippen molar-refractivity contribution >= 4 is 17.2 Å². The summed E-state index contributed by atoms with van der Waals surface area (Å²) in [4.78, 5) is 3.23. The minimum atomic E-state index is 0.251. The lowest BCUT2D eigenvalue weighted by Gasteiger charge is -2.36. The highest BCUT2D eigenvalue weighted by Crippen LogP contribution is 2.42. The summed E-state index contributed by atoms with van der Waals surface area (Å²) in [6, 6.07) is 0. The summed E-state index contributed by atoms with van der Waals surface area (Å²) < 4.78 is 6.48. The molecule has 3 fully saturated rings. The van der Waals surface area contributed by atoms with E-state index in [1.807, 2.05) is 0 Å². The molecule has 0 aromatic carbocycles. The lowest BCUT2D eigenvalue weighted by Crippen LogP contribution is -2.44. The molecule has 0 amide bonds. The molecular weight excluding hydrogens is 268 g/mol. The number of rotatable bonds is 3. The molecule has 1 aliphatic carbocycles. The molecule has 4 heteroatoms. The van der Waals surface area contributed by atoms with Crippen LogP contribution in [0.2, 0.25) is 0 Å². The summed E-state index contributed by atoms with van der Waals surface area (Å²) in [7, 11) is 0. The van der Waals surface area contributed by atoms with Crippen LogP contribution in [0.4, 0.5) is 0 Å². The summed E-state index contributed by atoms with van der Waals surface area (Å²) in [5.74, 6) is 0.420. The molecule has 0 aromatic heterocycles. The average molecular weight is 296 g/mol.